The molecule has 12 heteroatoms. The van der Waals surface area contributed by atoms with Crippen LogP contribution in [0, 0.1) is 11.3 Å². The average molecular weight is 615 g/mol. The standard InChI is InChI=1S/C30H38N4O6S2/c1-16(42-19-8-6-17(7-9-19)18-12-31-15-32-13-18)24(30-20(25(30)37)22(35)23(36)28(40-30)41-3)34-27(38)21-26-29(2,14-33-21)10-4-5-11-39-26/h4-9,12-13,15-16,20-26,28,33,35-37H,10-11,14H2,1-3H3,(H,34,38)/t16-,20?,21-,22?,23+,24+,25-,26-,28?,29-,30?/m0/s1. The maximum atomic E-state index is 14.0. The molecule has 1 aromatic carbocycles. The number of benzene rings is 1. The minimum atomic E-state index is -1.25. The number of thioether (sulfide) groups is 2. The summed E-state index contributed by atoms with van der Waals surface area (Å²) in [5.41, 5.74) is -0.321. The summed E-state index contributed by atoms with van der Waals surface area (Å²) in [5, 5.41) is 39.2. The molecular weight excluding hydrogens is 576 g/mol. The second-order valence-corrected chi connectivity index (χ2v) is 14.3. The van der Waals surface area contributed by atoms with Crippen LogP contribution in [-0.2, 0) is 14.3 Å². The molecule has 226 valence electrons. The van der Waals surface area contributed by atoms with E-state index in [0.717, 1.165) is 22.4 Å². The highest BCUT2D eigenvalue weighted by Gasteiger charge is 2.77. The topological polar surface area (TPSA) is 146 Å². The first kappa shape index (κ1) is 30.0. The molecule has 3 fully saturated rings. The highest BCUT2D eigenvalue weighted by atomic mass is 32.2. The lowest BCUT2D eigenvalue weighted by Crippen LogP contribution is -2.62. The largest absolute Gasteiger partial charge is 0.390 e. The van der Waals surface area contributed by atoms with E-state index in [0.29, 0.717) is 13.2 Å². The molecule has 0 bridgehead atoms. The van der Waals surface area contributed by atoms with E-state index < -0.39 is 47.4 Å². The van der Waals surface area contributed by atoms with Gasteiger partial charge in [0.2, 0.25) is 5.91 Å². The summed E-state index contributed by atoms with van der Waals surface area (Å²) in [6, 6.07) is 6.74. The van der Waals surface area contributed by atoms with E-state index in [1.807, 2.05) is 37.3 Å². The number of rotatable bonds is 8. The molecule has 4 heterocycles. The van der Waals surface area contributed by atoms with E-state index in [9.17, 15) is 20.1 Å². The van der Waals surface area contributed by atoms with Crippen molar-refractivity contribution in [3.05, 3.63) is 55.1 Å². The summed E-state index contributed by atoms with van der Waals surface area (Å²) in [6.45, 7) is 5.19. The predicted octanol–water partition coefficient (Wildman–Crippen LogP) is 1.60. The van der Waals surface area contributed by atoms with Gasteiger partial charge in [-0.15, -0.1) is 23.5 Å². The fourth-order valence-electron chi connectivity index (χ4n) is 6.84. The smallest absolute Gasteiger partial charge is 0.240 e. The molecule has 3 aliphatic heterocycles. The van der Waals surface area contributed by atoms with Crippen LogP contribution in [0.4, 0.5) is 0 Å². The number of carbonyl (C=O) groups is 1. The van der Waals surface area contributed by atoms with Crippen molar-refractivity contribution in [2.45, 2.75) is 78.0 Å². The fourth-order valence-corrected chi connectivity index (χ4v) is 8.68. The Morgan fingerprint density at radius 1 is 1.12 bits per heavy atom. The van der Waals surface area contributed by atoms with Crippen LogP contribution in [-0.4, -0.2) is 103 Å². The van der Waals surface area contributed by atoms with Gasteiger partial charge in [-0.2, -0.15) is 0 Å². The summed E-state index contributed by atoms with van der Waals surface area (Å²) < 4.78 is 12.5. The van der Waals surface area contributed by atoms with Crippen LogP contribution in [0.3, 0.4) is 0 Å². The van der Waals surface area contributed by atoms with Crippen molar-refractivity contribution in [3.63, 3.8) is 0 Å². The summed E-state index contributed by atoms with van der Waals surface area (Å²) in [7, 11) is 0. The number of nitrogens with zero attached hydrogens (tertiary/aromatic N) is 2. The third kappa shape index (κ3) is 5.19. The quantitative estimate of drug-likeness (QED) is 0.218. The van der Waals surface area contributed by atoms with E-state index >= 15 is 0 Å². The Morgan fingerprint density at radius 3 is 2.57 bits per heavy atom. The first-order chi connectivity index (χ1) is 20.2. The molecule has 10 nitrogen and oxygen atoms in total. The Balaban J connectivity index is 1.27. The number of ether oxygens (including phenoxy) is 2. The first-order valence-electron chi connectivity index (χ1n) is 14.3. The Bertz CT molecular complexity index is 1300. The number of hydrogen-bond donors (Lipinski definition) is 5. The molecule has 2 saturated heterocycles. The first-order valence-corrected chi connectivity index (χ1v) is 16.4. The van der Waals surface area contributed by atoms with E-state index in [4.69, 9.17) is 9.47 Å². The Labute approximate surface area is 254 Å². The zero-order valence-electron chi connectivity index (χ0n) is 23.8. The molecule has 1 saturated carbocycles. The van der Waals surface area contributed by atoms with Crippen molar-refractivity contribution < 1.29 is 29.6 Å². The van der Waals surface area contributed by atoms with Gasteiger partial charge in [0.15, 0.2) is 0 Å². The maximum absolute atomic E-state index is 14.0. The van der Waals surface area contributed by atoms with Crippen LogP contribution in [0.25, 0.3) is 11.1 Å². The van der Waals surface area contributed by atoms with Gasteiger partial charge >= 0.3 is 0 Å². The SMILES string of the molecule is CSC1OC2([C@H](NC(=O)[C@H]3NC[C@]4(C)CC=CCO[C@@H]34)[C@H](C)Sc3ccc(-c4cncnc4)cc3)C(C(O)[C@H]1O)[C@@H]2O. The molecule has 2 aromatic rings. The number of aromatic nitrogens is 2. The second-order valence-electron chi connectivity index (χ2n) is 11.9. The van der Waals surface area contributed by atoms with Gasteiger partial charge in [0, 0.05) is 40.1 Å². The summed E-state index contributed by atoms with van der Waals surface area (Å²) in [4.78, 5) is 23.1. The lowest BCUT2D eigenvalue weighted by molar-refractivity contribution is -0.156. The van der Waals surface area contributed by atoms with Crippen molar-refractivity contribution in [3.8, 4) is 11.1 Å². The monoisotopic (exact) mass is 614 g/mol. The Kier molecular flexibility index (Phi) is 8.44. The van der Waals surface area contributed by atoms with Crippen LogP contribution in [0.1, 0.15) is 20.3 Å². The number of aliphatic hydroxyl groups is 3. The van der Waals surface area contributed by atoms with Gasteiger partial charge in [0.25, 0.3) is 0 Å². The van der Waals surface area contributed by atoms with Gasteiger partial charge in [-0.05, 0) is 30.4 Å². The minimum absolute atomic E-state index is 0.220. The second kappa shape index (κ2) is 11.8. The molecule has 5 N–H and O–H groups in total. The van der Waals surface area contributed by atoms with Crippen LogP contribution in [0.5, 0.6) is 0 Å². The summed E-state index contributed by atoms with van der Waals surface area (Å²) >= 11 is 2.82. The normalized spacial score (nSPS) is 38.6. The van der Waals surface area contributed by atoms with Crippen molar-refractivity contribution in [1.82, 2.24) is 20.6 Å². The number of fused-ring (bicyclic) bond motifs is 2. The van der Waals surface area contributed by atoms with Crippen molar-refractivity contribution in [2.75, 3.05) is 19.4 Å². The van der Waals surface area contributed by atoms with Crippen LogP contribution < -0.4 is 10.6 Å². The molecule has 0 radical (unpaired) electrons. The number of hydrogen-bond acceptors (Lipinski definition) is 11. The minimum Gasteiger partial charge on any atom is -0.390 e. The van der Waals surface area contributed by atoms with Gasteiger partial charge < -0.3 is 35.4 Å². The highest BCUT2D eigenvalue weighted by molar-refractivity contribution is 8.00. The molecule has 4 aliphatic rings. The van der Waals surface area contributed by atoms with Crippen LogP contribution >= 0.6 is 23.5 Å². The van der Waals surface area contributed by atoms with Gasteiger partial charge in [-0.25, -0.2) is 9.97 Å². The Hall–Kier alpha value is -2.03. The molecular formula is C30H38N4O6S2. The summed E-state index contributed by atoms with van der Waals surface area (Å²) in [6.07, 6.45) is 8.01. The number of aliphatic hydroxyl groups excluding tert-OH is 3. The zero-order valence-corrected chi connectivity index (χ0v) is 25.4. The van der Waals surface area contributed by atoms with Crippen molar-refractivity contribution in [1.29, 1.82) is 0 Å². The molecule has 0 spiro atoms. The van der Waals surface area contributed by atoms with Gasteiger partial charge in [0.1, 0.15) is 29.5 Å². The molecule has 42 heavy (non-hydrogen) atoms. The third-order valence-electron chi connectivity index (χ3n) is 9.21. The molecule has 11 atom stereocenters. The molecule has 1 amide bonds. The summed E-state index contributed by atoms with van der Waals surface area (Å²) in [5.74, 6) is -0.968. The predicted molar refractivity (Wildman–Crippen MR) is 161 cm³/mol. The van der Waals surface area contributed by atoms with Crippen LogP contribution in [0.2, 0.25) is 0 Å². The Morgan fingerprint density at radius 2 is 1.86 bits per heavy atom. The van der Waals surface area contributed by atoms with E-state index in [1.165, 1.54) is 18.1 Å². The van der Waals surface area contributed by atoms with Gasteiger partial charge in [0.05, 0.1) is 36.9 Å². The van der Waals surface area contributed by atoms with E-state index in [-0.39, 0.29) is 22.7 Å². The third-order valence-corrected chi connectivity index (χ3v) is 11.2. The number of allylic oxidation sites excluding steroid dienone is 1. The maximum Gasteiger partial charge on any atom is 0.240 e. The average Bonchev–Trinajstić information content (AvgIpc) is 3.53. The fraction of sp³-hybridized carbons (Fsp3) is 0.567. The van der Waals surface area contributed by atoms with Gasteiger partial charge in [-0.1, -0.05) is 38.1 Å². The van der Waals surface area contributed by atoms with Gasteiger partial charge in [-0.3, -0.25) is 4.79 Å². The molecule has 4 unspecified atom stereocenters. The molecule has 1 aliphatic carbocycles. The van der Waals surface area contributed by atoms with E-state index in [2.05, 4.69) is 33.6 Å². The molecule has 1 aromatic heterocycles. The zero-order chi connectivity index (χ0) is 29.6. The van der Waals surface area contributed by atoms with Crippen molar-refractivity contribution in [2.24, 2.45) is 11.3 Å². The number of nitrogens with one attached hydrogen (secondary N) is 2. The van der Waals surface area contributed by atoms with Crippen molar-refractivity contribution >= 4 is 29.4 Å². The molecule has 6 rings (SSSR count). The van der Waals surface area contributed by atoms with Crippen LogP contribution in [0.15, 0.2) is 60.0 Å². The number of amides is 1. The lowest BCUT2D eigenvalue weighted by Gasteiger charge is -2.41. The number of carbonyl (C=O) groups excluding carboxylic acids is 1. The lowest BCUT2D eigenvalue weighted by atomic mass is 9.81. The van der Waals surface area contributed by atoms with E-state index in [1.54, 1.807) is 30.4 Å². The highest BCUT2D eigenvalue weighted by Crippen LogP contribution is 2.59.